The molecule has 1 rings (SSSR count). The number of nitrogens with zero attached hydrogens (tertiary/aromatic N) is 1. The Balaban J connectivity index is 3.64. The van der Waals surface area contributed by atoms with E-state index in [0.717, 1.165) is 0 Å². The highest BCUT2D eigenvalue weighted by atomic mass is 35.7. The molecule has 0 bridgehead atoms. The molecule has 0 aliphatic carbocycles. The molecule has 0 amide bonds. The van der Waals surface area contributed by atoms with Gasteiger partial charge in [0.05, 0.1) is 16.5 Å². The van der Waals surface area contributed by atoms with Crippen LogP contribution in [0.3, 0.4) is 0 Å². The van der Waals surface area contributed by atoms with Crippen LogP contribution in [-0.2, 0) is 9.05 Å². The number of carbonyl (C=O) groups excluding carboxylic acids is 1. The normalized spacial score (nSPS) is 10.7. The molecule has 0 aliphatic heterocycles. The first kappa shape index (κ1) is 11.7. The van der Waals surface area contributed by atoms with E-state index < -0.39 is 9.05 Å². The van der Waals surface area contributed by atoms with Crippen molar-refractivity contribution in [2.24, 2.45) is 0 Å². The van der Waals surface area contributed by atoms with Crippen molar-refractivity contribution >= 4 is 26.0 Å². The fourth-order valence-electron chi connectivity index (χ4n) is 1.12. The lowest BCUT2D eigenvalue weighted by Crippen LogP contribution is -1.99. The quantitative estimate of drug-likeness (QED) is 0.584. The van der Waals surface area contributed by atoms with E-state index in [4.69, 9.17) is 15.9 Å². The third kappa shape index (κ3) is 2.35. The van der Waals surface area contributed by atoms with E-state index in [9.17, 15) is 13.2 Å². The van der Waals surface area contributed by atoms with E-state index in [0.29, 0.717) is 11.8 Å². The smallest absolute Gasteiger partial charge is 0.262 e. The maximum Gasteiger partial charge on any atom is 0.262 e. The number of aryl methyl sites for hydroxylation is 1. The molecule has 0 heterocycles. The van der Waals surface area contributed by atoms with E-state index in [1.54, 1.807) is 6.92 Å². The molecule has 0 aliphatic rings. The highest BCUT2D eigenvalue weighted by Crippen LogP contribution is 2.22. The van der Waals surface area contributed by atoms with Gasteiger partial charge in [-0.05, 0) is 24.6 Å². The summed E-state index contributed by atoms with van der Waals surface area (Å²) in [6.45, 7) is 1.57. The Morgan fingerprint density at radius 1 is 1.47 bits per heavy atom. The first-order valence-corrected chi connectivity index (χ1v) is 6.15. The maximum atomic E-state index is 11.1. The van der Waals surface area contributed by atoms with Crippen molar-refractivity contribution in [1.29, 1.82) is 5.26 Å². The third-order valence-electron chi connectivity index (χ3n) is 1.87. The number of aldehydes is 1. The van der Waals surface area contributed by atoms with Crippen molar-refractivity contribution < 1.29 is 13.2 Å². The molecule has 0 unspecified atom stereocenters. The Hall–Kier alpha value is -1.38. The second kappa shape index (κ2) is 4.01. The van der Waals surface area contributed by atoms with Crippen LogP contribution in [0.1, 0.15) is 21.5 Å². The van der Waals surface area contributed by atoms with Gasteiger partial charge in [0.1, 0.15) is 0 Å². The van der Waals surface area contributed by atoms with Gasteiger partial charge in [0.2, 0.25) is 0 Å². The first-order valence-electron chi connectivity index (χ1n) is 3.84. The molecule has 0 saturated carbocycles. The molecule has 0 N–H and O–H groups in total. The van der Waals surface area contributed by atoms with E-state index in [-0.39, 0.29) is 16.0 Å². The third-order valence-corrected chi connectivity index (χ3v) is 3.24. The molecule has 0 fully saturated rings. The minimum Gasteiger partial charge on any atom is -0.298 e. The van der Waals surface area contributed by atoms with Crippen molar-refractivity contribution in [3.8, 4) is 6.07 Å². The Morgan fingerprint density at radius 3 is 2.47 bits per heavy atom. The van der Waals surface area contributed by atoms with Crippen LogP contribution in [0.25, 0.3) is 0 Å². The molecule has 1 aromatic carbocycles. The highest BCUT2D eigenvalue weighted by molar-refractivity contribution is 8.13. The van der Waals surface area contributed by atoms with Crippen molar-refractivity contribution in [2.75, 3.05) is 0 Å². The average molecular weight is 244 g/mol. The van der Waals surface area contributed by atoms with Gasteiger partial charge in [-0.3, -0.25) is 4.79 Å². The molecular weight excluding hydrogens is 238 g/mol. The molecule has 15 heavy (non-hydrogen) atoms. The van der Waals surface area contributed by atoms with Gasteiger partial charge in [-0.2, -0.15) is 5.26 Å². The molecule has 1 aromatic rings. The number of nitriles is 1. The molecule has 4 nitrogen and oxygen atoms in total. The van der Waals surface area contributed by atoms with Gasteiger partial charge in [0.25, 0.3) is 9.05 Å². The Labute approximate surface area is 91.5 Å². The molecular formula is C9H6ClNO3S. The number of rotatable bonds is 2. The standard InChI is InChI=1S/C9H6ClNO3S/c1-6-2-9(15(10,13)14)8(5-12)3-7(6)4-11/h2-3,5H,1H3. The topological polar surface area (TPSA) is 75.0 Å². The summed E-state index contributed by atoms with van der Waals surface area (Å²) in [4.78, 5) is 10.4. The maximum absolute atomic E-state index is 11.1. The van der Waals surface area contributed by atoms with Crippen molar-refractivity contribution in [3.63, 3.8) is 0 Å². The Morgan fingerprint density at radius 2 is 2.07 bits per heavy atom. The predicted octanol–water partition coefficient (Wildman–Crippen LogP) is 1.61. The van der Waals surface area contributed by atoms with Gasteiger partial charge in [0, 0.05) is 16.2 Å². The van der Waals surface area contributed by atoms with E-state index in [2.05, 4.69) is 0 Å². The second-order valence-electron chi connectivity index (χ2n) is 2.87. The van der Waals surface area contributed by atoms with Crippen LogP contribution in [-0.4, -0.2) is 14.7 Å². The van der Waals surface area contributed by atoms with Crippen molar-refractivity contribution in [2.45, 2.75) is 11.8 Å². The second-order valence-corrected chi connectivity index (χ2v) is 5.41. The SMILES string of the molecule is Cc1cc(S(=O)(=O)Cl)c(C=O)cc1C#N. The first-order chi connectivity index (χ1) is 6.90. The zero-order chi connectivity index (χ0) is 11.6. The zero-order valence-electron chi connectivity index (χ0n) is 7.69. The molecule has 0 spiro atoms. The Bertz CT molecular complexity index is 557. The largest absolute Gasteiger partial charge is 0.298 e. The number of halogens is 1. The highest BCUT2D eigenvalue weighted by Gasteiger charge is 2.17. The van der Waals surface area contributed by atoms with Gasteiger partial charge >= 0.3 is 0 Å². The zero-order valence-corrected chi connectivity index (χ0v) is 9.26. The van der Waals surface area contributed by atoms with E-state index >= 15 is 0 Å². The minimum absolute atomic E-state index is 0.104. The Kier molecular flexibility index (Phi) is 3.12. The molecule has 0 atom stereocenters. The van der Waals surface area contributed by atoms with Crippen LogP contribution in [0, 0.1) is 18.3 Å². The summed E-state index contributed by atoms with van der Waals surface area (Å²) in [6.07, 6.45) is 0.357. The summed E-state index contributed by atoms with van der Waals surface area (Å²) in [6, 6.07) is 4.27. The average Bonchev–Trinajstić information content (AvgIpc) is 2.16. The van der Waals surface area contributed by atoms with Crippen LogP contribution in [0.15, 0.2) is 17.0 Å². The summed E-state index contributed by atoms with van der Waals surface area (Å²) in [7, 11) is 1.18. The monoisotopic (exact) mass is 243 g/mol. The molecule has 6 heteroatoms. The van der Waals surface area contributed by atoms with E-state index in [1.807, 2.05) is 6.07 Å². The van der Waals surface area contributed by atoms with Crippen LogP contribution in [0.5, 0.6) is 0 Å². The van der Waals surface area contributed by atoms with Gasteiger partial charge in [0.15, 0.2) is 6.29 Å². The predicted molar refractivity (Wildman–Crippen MR) is 54.3 cm³/mol. The van der Waals surface area contributed by atoms with Gasteiger partial charge in [-0.1, -0.05) is 0 Å². The number of hydrogen-bond acceptors (Lipinski definition) is 4. The van der Waals surface area contributed by atoms with Gasteiger partial charge < -0.3 is 0 Å². The molecule has 0 aromatic heterocycles. The molecule has 0 radical (unpaired) electrons. The molecule has 0 saturated heterocycles. The summed E-state index contributed by atoms with van der Waals surface area (Å²) >= 11 is 0. The van der Waals surface area contributed by atoms with Crippen LogP contribution in [0.2, 0.25) is 0 Å². The number of benzene rings is 1. The minimum atomic E-state index is -3.96. The van der Waals surface area contributed by atoms with Crippen molar-refractivity contribution in [3.05, 3.63) is 28.8 Å². The molecule has 78 valence electrons. The van der Waals surface area contributed by atoms with Crippen LogP contribution < -0.4 is 0 Å². The fraction of sp³-hybridized carbons (Fsp3) is 0.111. The van der Waals surface area contributed by atoms with Crippen molar-refractivity contribution in [1.82, 2.24) is 0 Å². The fourth-order valence-corrected chi connectivity index (χ4v) is 2.23. The summed E-state index contributed by atoms with van der Waals surface area (Å²) in [5.41, 5.74) is 0.607. The summed E-state index contributed by atoms with van der Waals surface area (Å²) < 4.78 is 22.2. The summed E-state index contributed by atoms with van der Waals surface area (Å²) in [5.74, 6) is 0. The van der Waals surface area contributed by atoms with E-state index in [1.165, 1.54) is 12.1 Å². The van der Waals surface area contributed by atoms with Gasteiger partial charge in [-0.25, -0.2) is 8.42 Å². The summed E-state index contributed by atoms with van der Waals surface area (Å²) in [5, 5.41) is 8.68. The van der Waals surface area contributed by atoms with Crippen LogP contribution >= 0.6 is 10.7 Å². The van der Waals surface area contributed by atoms with Crippen LogP contribution in [0.4, 0.5) is 0 Å². The lowest BCUT2D eigenvalue weighted by Gasteiger charge is -2.03. The lowest BCUT2D eigenvalue weighted by molar-refractivity contribution is 0.112. The lowest BCUT2D eigenvalue weighted by atomic mass is 10.1. The number of carbonyl (C=O) groups is 1. The number of hydrogen-bond donors (Lipinski definition) is 0. The van der Waals surface area contributed by atoms with Gasteiger partial charge in [-0.15, -0.1) is 0 Å².